The summed E-state index contributed by atoms with van der Waals surface area (Å²) in [5, 5.41) is 5.44. The van der Waals surface area contributed by atoms with Gasteiger partial charge in [-0.1, -0.05) is 6.07 Å². The number of amides is 2. The van der Waals surface area contributed by atoms with Gasteiger partial charge in [-0.05, 0) is 80.4 Å². The van der Waals surface area contributed by atoms with Crippen molar-refractivity contribution in [1.29, 1.82) is 0 Å². The number of imide groups is 1. The number of nitrogens with zero attached hydrogens (tertiary/aromatic N) is 4. The van der Waals surface area contributed by atoms with Crippen molar-refractivity contribution < 1.29 is 14.4 Å². The lowest BCUT2D eigenvalue weighted by atomic mass is 9.97. The van der Waals surface area contributed by atoms with Crippen LogP contribution in [0, 0.1) is 5.92 Å². The molecule has 190 valence electrons. The summed E-state index contributed by atoms with van der Waals surface area (Å²) in [5.74, 6) is 0.869. The largest absolute Gasteiger partial charge is 0.341 e. The molecule has 5 rings (SSSR count). The molecule has 2 fully saturated rings. The van der Waals surface area contributed by atoms with Crippen LogP contribution < -0.4 is 15.5 Å². The fraction of sp³-hybridized carbons (Fsp3) is 0.308. The summed E-state index contributed by atoms with van der Waals surface area (Å²) in [6.45, 7) is 4.88. The standard InChI is InChI=1S/C26H26N6O3S2/c1-16(33)21-5-6-22(36-21)20-4-2-3-19(29-20)15-27-14-17-8-11-32(12-9-17)25-28-10-7-18(30-25)13-23-24(34)31-26(35)37-23/h2-7,10,13,17,27H,8-9,11-12,14-15H2,1H3,(H,31,34,35). The molecular weight excluding hydrogens is 508 g/mol. The van der Waals surface area contributed by atoms with Crippen LogP contribution in [0.2, 0.25) is 0 Å². The van der Waals surface area contributed by atoms with E-state index in [1.807, 2.05) is 30.3 Å². The van der Waals surface area contributed by atoms with Crippen molar-refractivity contribution in [3.05, 3.63) is 63.8 Å². The van der Waals surface area contributed by atoms with Gasteiger partial charge in [0.1, 0.15) is 0 Å². The fourth-order valence-corrected chi connectivity index (χ4v) is 5.81. The molecule has 3 aromatic rings. The predicted molar refractivity (Wildman–Crippen MR) is 145 cm³/mol. The van der Waals surface area contributed by atoms with E-state index in [-0.39, 0.29) is 16.9 Å². The van der Waals surface area contributed by atoms with E-state index >= 15 is 0 Å². The lowest BCUT2D eigenvalue weighted by Crippen LogP contribution is -2.38. The van der Waals surface area contributed by atoms with Crippen LogP contribution in [0.25, 0.3) is 16.6 Å². The van der Waals surface area contributed by atoms with Crippen molar-refractivity contribution in [2.45, 2.75) is 26.3 Å². The first kappa shape index (κ1) is 25.2. The molecule has 3 aromatic heterocycles. The molecule has 0 bridgehead atoms. The molecule has 2 N–H and O–H groups in total. The number of carbonyl (C=O) groups excluding carboxylic acids is 3. The number of pyridine rings is 1. The molecule has 2 aliphatic heterocycles. The SMILES string of the molecule is CC(=O)c1ccc(-c2cccc(CNCC3CCN(c4nccc(C=C5SC(=O)NC5=O)n4)CC3)n2)s1. The third-order valence-corrected chi connectivity index (χ3v) is 8.25. The Kier molecular flexibility index (Phi) is 7.73. The fourth-order valence-electron chi connectivity index (χ4n) is 4.27. The number of hydrogen-bond donors (Lipinski definition) is 2. The summed E-state index contributed by atoms with van der Waals surface area (Å²) in [6, 6.07) is 11.5. The molecule has 0 saturated carbocycles. The maximum Gasteiger partial charge on any atom is 0.290 e. The number of carbonyl (C=O) groups is 3. The van der Waals surface area contributed by atoms with Gasteiger partial charge in [-0.15, -0.1) is 11.3 Å². The average Bonchev–Trinajstić information content (AvgIpc) is 3.51. The number of piperidine rings is 1. The Morgan fingerprint density at radius 3 is 2.73 bits per heavy atom. The van der Waals surface area contributed by atoms with Crippen molar-refractivity contribution >= 4 is 52.1 Å². The van der Waals surface area contributed by atoms with Gasteiger partial charge >= 0.3 is 0 Å². The van der Waals surface area contributed by atoms with Crippen LogP contribution in [-0.2, 0) is 11.3 Å². The predicted octanol–water partition coefficient (Wildman–Crippen LogP) is 4.13. The molecule has 0 spiro atoms. The molecule has 37 heavy (non-hydrogen) atoms. The molecule has 2 amide bonds. The van der Waals surface area contributed by atoms with Gasteiger partial charge in [0.15, 0.2) is 5.78 Å². The third kappa shape index (κ3) is 6.30. The second-order valence-electron chi connectivity index (χ2n) is 8.93. The minimum absolute atomic E-state index is 0.0756. The number of aromatic nitrogens is 3. The van der Waals surface area contributed by atoms with E-state index in [1.54, 1.807) is 25.3 Å². The van der Waals surface area contributed by atoms with E-state index in [0.717, 1.165) is 65.4 Å². The molecule has 2 saturated heterocycles. The highest BCUT2D eigenvalue weighted by Gasteiger charge is 2.25. The van der Waals surface area contributed by atoms with Crippen LogP contribution >= 0.6 is 23.1 Å². The summed E-state index contributed by atoms with van der Waals surface area (Å²) in [7, 11) is 0. The van der Waals surface area contributed by atoms with Crippen LogP contribution in [-0.4, -0.2) is 51.5 Å². The van der Waals surface area contributed by atoms with Gasteiger partial charge in [-0.25, -0.2) is 9.97 Å². The number of anilines is 1. The van der Waals surface area contributed by atoms with Crippen LogP contribution in [0.1, 0.15) is 40.8 Å². The molecular formula is C26H26N6O3S2. The second-order valence-corrected chi connectivity index (χ2v) is 11.0. The zero-order chi connectivity index (χ0) is 25.8. The zero-order valence-corrected chi connectivity index (χ0v) is 21.9. The van der Waals surface area contributed by atoms with Gasteiger partial charge in [0.05, 0.1) is 31.7 Å². The smallest absolute Gasteiger partial charge is 0.290 e. The van der Waals surface area contributed by atoms with Crippen molar-refractivity contribution in [3.8, 4) is 10.6 Å². The van der Waals surface area contributed by atoms with Crippen molar-refractivity contribution in [2.75, 3.05) is 24.5 Å². The first-order valence-corrected chi connectivity index (χ1v) is 13.7. The molecule has 0 radical (unpaired) electrons. The summed E-state index contributed by atoms with van der Waals surface area (Å²) >= 11 is 2.36. The van der Waals surface area contributed by atoms with E-state index < -0.39 is 0 Å². The summed E-state index contributed by atoms with van der Waals surface area (Å²) in [6.07, 6.45) is 5.34. The summed E-state index contributed by atoms with van der Waals surface area (Å²) in [5.41, 5.74) is 2.47. The molecule has 11 heteroatoms. The molecule has 5 heterocycles. The molecule has 9 nitrogen and oxygen atoms in total. The van der Waals surface area contributed by atoms with Crippen molar-refractivity contribution in [3.63, 3.8) is 0 Å². The number of thiophene rings is 1. The monoisotopic (exact) mass is 534 g/mol. The molecule has 2 aliphatic rings. The number of Topliss-reactive ketones (excluding diaryl/α,β-unsaturated/α-hetero) is 1. The lowest BCUT2D eigenvalue weighted by molar-refractivity contribution is -0.115. The van der Waals surface area contributed by atoms with E-state index in [4.69, 9.17) is 4.98 Å². The highest BCUT2D eigenvalue weighted by Crippen LogP contribution is 2.28. The first-order valence-electron chi connectivity index (χ1n) is 12.1. The Labute approximate surface area is 222 Å². The number of thioether (sulfide) groups is 1. The topological polar surface area (TPSA) is 117 Å². The normalized spacial score (nSPS) is 17.4. The molecule has 0 aliphatic carbocycles. The Hall–Kier alpha value is -3.41. The maximum absolute atomic E-state index is 11.8. The van der Waals surface area contributed by atoms with Crippen LogP contribution in [0.4, 0.5) is 10.7 Å². The molecule has 0 unspecified atom stereocenters. The van der Waals surface area contributed by atoms with E-state index in [1.165, 1.54) is 11.3 Å². The Morgan fingerprint density at radius 2 is 2.00 bits per heavy atom. The van der Waals surface area contributed by atoms with Crippen molar-refractivity contribution in [2.24, 2.45) is 5.92 Å². The molecule has 0 atom stereocenters. The van der Waals surface area contributed by atoms with Gasteiger partial charge in [-0.2, -0.15) is 0 Å². The van der Waals surface area contributed by atoms with Gasteiger partial charge in [0.25, 0.3) is 11.1 Å². The minimum atomic E-state index is -0.390. The van der Waals surface area contributed by atoms with Gasteiger partial charge in [0, 0.05) is 25.8 Å². The quantitative estimate of drug-likeness (QED) is 0.325. The van der Waals surface area contributed by atoms with E-state index in [9.17, 15) is 14.4 Å². The van der Waals surface area contributed by atoms with E-state index in [2.05, 4.69) is 25.5 Å². The van der Waals surface area contributed by atoms with Crippen LogP contribution in [0.3, 0.4) is 0 Å². The number of ketones is 1. The number of rotatable bonds is 8. The number of nitrogens with one attached hydrogen (secondary N) is 2. The minimum Gasteiger partial charge on any atom is -0.341 e. The summed E-state index contributed by atoms with van der Waals surface area (Å²) < 4.78 is 0. The highest BCUT2D eigenvalue weighted by molar-refractivity contribution is 8.18. The third-order valence-electron chi connectivity index (χ3n) is 6.23. The maximum atomic E-state index is 11.8. The Bertz CT molecular complexity index is 1360. The van der Waals surface area contributed by atoms with Gasteiger partial charge in [0.2, 0.25) is 5.95 Å². The van der Waals surface area contributed by atoms with Crippen molar-refractivity contribution in [1.82, 2.24) is 25.6 Å². The lowest BCUT2D eigenvalue weighted by Gasteiger charge is -2.32. The second kappa shape index (κ2) is 11.3. The highest BCUT2D eigenvalue weighted by atomic mass is 32.2. The summed E-state index contributed by atoms with van der Waals surface area (Å²) in [4.78, 5) is 52.8. The Balaban J connectivity index is 1.11. The average molecular weight is 535 g/mol. The van der Waals surface area contributed by atoms with Crippen LogP contribution in [0.15, 0.2) is 47.5 Å². The Morgan fingerprint density at radius 1 is 1.16 bits per heavy atom. The number of hydrogen-bond acceptors (Lipinski definition) is 10. The van der Waals surface area contributed by atoms with Gasteiger partial charge < -0.3 is 10.2 Å². The van der Waals surface area contributed by atoms with Gasteiger partial charge in [-0.3, -0.25) is 24.7 Å². The van der Waals surface area contributed by atoms with E-state index in [0.29, 0.717) is 29.0 Å². The van der Waals surface area contributed by atoms with Crippen LogP contribution in [0.5, 0.6) is 0 Å². The molecule has 0 aromatic carbocycles. The zero-order valence-electron chi connectivity index (χ0n) is 20.3. The first-order chi connectivity index (χ1) is 17.9.